The zero-order chi connectivity index (χ0) is 10.7. The van der Waals surface area contributed by atoms with E-state index in [9.17, 15) is 0 Å². The molecule has 1 aliphatic carbocycles. The fourth-order valence-electron chi connectivity index (χ4n) is 1.96. The molecule has 1 heteroatoms. The molecule has 0 heterocycles. The zero-order valence-corrected chi connectivity index (χ0v) is 9.37. The molecule has 0 bridgehead atoms. The van der Waals surface area contributed by atoms with E-state index in [1.165, 1.54) is 17.6 Å². The molecule has 0 radical (unpaired) electrons. The molecule has 2 rings (SSSR count). The van der Waals surface area contributed by atoms with Crippen LogP contribution < -0.4 is 5.32 Å². The average Bonchev–Trinajstić information content (AvgIpc) is 2.98. The second-order valence-electron chi connectivity index (χ2n) is 4.52. The normalized spacial score (nSPS) is 23.8. The maximum Gasteiger partial charge on any atom is 0.0143 e. The molecule has 80 valence electrons. The molecule has 0 saturated heterocycles. The molecule has 1 aliphatic rings. The van der Waals surface area contributed by atoms with E-state index in [4.69, 9.17) is 0 Å². The van der Waals surface area contributed by atoms with Crippen molar-refractivity contribution >= 4 is 0 Å². The molecule has 1 N–H and O–H groups in total. The topological polar surface area (TPSA) is 12.0 Å². The SMILES string of the molecule is C=C(C)CCNC1CC1c1ccccc1. The summed E-state index contributed by atoms with van der Waals surface area (Å²) >= 11 is 0. The monoisotopic (exact) mass is 201 g/mol. The summed E-state index contributed by atoms with van der Waals surface area (Å²) < 4.78 is 0. The van der Waals surface area contributed by atoms with Crippen molar-refractivity contribution in [3.63, 3.8) is 0 Å². The lowest BCUT2D eigenvalue weighted by Crippen LogP contribution is -2.19. The van der Waals surface area contributed by atoms with Crippen LogP contribution in [0.4, 0.5) is 0 Å². The van der Waals surface area contributed by atoms with Gasteiger partial charge < -0.3 is 5.32 Å². The Labute approximate surface area is 92.2 Å². The summed E-state index contributed by atoms with van der Waals surface area (Å²) in [4.78, 5) is 0. The van der Waals surface area contributed by atoms with E-state index in [0.717, 1.165) is 18.9 Å². The van der Waals surface area contributed by atoms with Gasteiger partial charge in [-0.3, -0.25) is 0 Å². The van der Waals surface area contributed by atoms with Crippen LogP contribution in [-0.4, -0.2) is 12.6 Å². The van der Waals surface area contributed by atoms with Gasteiger partial charge in [0.05, 0.1) is 0 Å². The second kappa shape index (κ2) is 4.63. The molecule has 1 nitrogen and oxygen atoms in total. The number of hydrogen-bond acceptors (Lipinski definition) is 1. The summed E-state index contributed by atoms with van der Waals surface area (Å²) in [5, 5.41) is 3.58. The molecule has 1 aromatic rings. The summed E-state index contributed by atoms with van der Waals surface area (Å²) in [5.74, 6) is 0.747. The predicted octanol–water partition coefficient (Wildman–Crippen LogP) is 3.10. The van der Waals surface area contributed by atoms with Crippen LogP contribution in [0.2, 0.25) is 0 Å². The summed E-state index contributed by atoms with van der Waals surface area (Å²) in [6, 6.07) is 11.5. The van der Waals surface area contributed by atoms with E-state index in [1.807, 2.05) is 0 Å². The smallest absolute Gasteiger partial charge is 0.0143 e. The Morgan fingerprint density at radius 2 is 2.13 bits per heavy atom. The summed E-state index contributed by atoms with van der Waals surface area (Å²) in [5.41, 5.74) is 2.74. The third-order valence-corrected chi connectivity index (χ3v) is 2.98. The Bertz CT molecular complexity index is 328. The predicted molar refractivity (Wildman–Crippen MR) is 65.0 cm³/mol. The van der Waals surface area contributed by atoms with Crippen LogP contribution in [0.25, 0.3) is 0 Å². The highest BCUT2D eigenvalue weighted by Crippen LogP contribution is 2.40. The van der Waals surface area contributed by atoms with Gasteiger partial charge in [-0.2, -0.15) is 0 Å². The van der Waals surface area contributed by atoms with Crippen molar-refractivity contribution in [1.82, 2.24) is 5.32 Å². The van der Waals surface area contributed by atoms with Gasteiger partial charge in [0.2, 0.25) is 0 Å². The molecule has 0 aliphatic heterocycles. The van der Waals surface area contributed by atoms with Crippen molar-refractivity contribution < 1.29 is 0 Å². The first kappa shape index (κ1) is 10.4. The zero-order valence-electron chi connectivity index (χ0n) is 9.37. The Morgan fingerprint density at radius 1 is 1.40 bits per heavy atom. The van der Waals surface area contributed by atoms with Crippen molar-refractivity contribution in [1.29, 1.82) is 0 Å². The van der Waals surface area contributed by atoms with Gasteiger partial charge in [0.25, 0.3) is 0 Å². The van der Waals surface area contributed by atoms with Crippen LogP contribution in [0.5, 0.6) is 0 Å². The number of benzene rings is 1. The minimum absolute atomic E-state index is 0.701. The molecule has 15 heavy (non-hydrogen) atoms. The van der Waals surface area contributed by atoms with Crippen LogP contribution >= 0.6 is 0 Å². The first-order valence-electron chi connectivity index (χ1n) is 5.70. The minimum atomic E-state index is 0.701. The van der Waals surface area contributed by atoms with Crippen LogP contribution in [0.1, 0.15) is 31.2 Å². The van der Waals surface area contributed by atoms with Crippen molar-refractivity contribution in [3.05, 3.63) is 48.0 Å². The first-order valence-corrected chi connectivity index (χ1v) is 5.70. The lowest BCUT2D eigenvalue weighted by molar-refractivity contribution is 0.667. The van der Waals surface area contributed by atoms with E-state index in [0.29, 0.717) is 6.04 Å². The highest BCUT2D eigenvalue weighted by atomic mass is 15.0. The average molecular weight is 201 g/mol. The van der Waals surface area contributed by atoms with E-state index in [2.05, 4.69) is 49.2 Å². The maximum atomic E-state index is 3.91. The van der Waals surface area contributed by atoms with Crippen molar-refractivity contribution in [2.75, 3.05) is 6.54 Å². The fraction of sp³-hybridized carbons (Fsp3) is 0.429. The van der Waals surface area contributed by atoms with E-state index in [1.54, 1.807) is 0 Å². The van der Waals surface area contributed by atoms with Crippen LogP contribution in [0, 0.1) is 0 Å². The van der Waals surface area contributed by atoms with Gasteiger partial charge in [-0.05, 0) is 31.9 Å². The Hall–Kier alpha value is -1.08. The second-order valence-corrected chi connectivity index (χ2v) is 4.52. The molecule has 1 saturated carbocycles. The van der Waals surface area contributed by atoms with Gasteiger partial charge in [-0.1, -0.05) is 35.9 Å². The lowest BCUT2D eigenvalue weighted by atomic mass is 10.1. The van der Waals surface area contributed by atoms with Crippen LogP contribution in [0.3, 0.4) is 0 Å². The summed E-state index contributed by atoms with van der Waals surface area (Å²) in [6.07, 6.45) is 2.39. The standard InChI is InChI=1S/C14H19N/c1-11(2)8-9-15-14-10-13(14)12-6-4-3-5-7-12/h3-7,13-15H,1,8-10H2,2H3. The molecule has 2 unspecified atom stereocenters. The minimum Gasteiger partial charge on any atom is -0.313 e. The van der Waals surface area contributed by atoms with Gasteiger partial charge in [-0.25, -0.2) is 0 Å². The van der Waals surface area contributed by atoms with Crippen molar-refractivity contribution in [2.45, 2.75) is 31.7 Å². The molecule has 2 atom stereocenters. The lowest BCUT2D eigenvalue weighted by Gasteiger charge is -2.03. The van der Waals surface area contributed by atoms with E-state index < -0.39 is 0 Å². The molecular weight excluding hydrogens is 182 g/mol. The number of nitrogens with one attached hydrogen (secondary N) is 1. The molecular formula is C14H19N. The Morgan fingerprint density at radius 3 is 2.80 bits per heavy atom. The molecule has 0 spiro atoms. The van der Waals surface area contributed by atoms with Crippen molar-refractivity contribution in [2.24, 2.45) is 0 Å². The number of rotatable bonds is 5. The van der Waals surface area contributed by atoms with Crippen molar-refractivity contribution in [3.8, 4) is 0 Å². The van der Waals surface area contributed by atoms with Gasteiger partial charge in [0, 0.05) is 12.0 Å². The third-order valence-electron chi connectivity index (χ3n) is 2.98. The van der Waals surface area contributed by atoms with Gasteiger partial charge >= 0.3 is 0 Å². The largest absolute Gasteiger partial charge is 0.313 e. The highest BCUT2D eigenvalue weighted by molar-refractivity contribution is 5.27. The third kappa shape index (κ3) is 2.93. The quantitative estimate of drug-likeness (QED) is 0.722. The molecule has 1 fully saturated rings. The molecule has 1 aromatic carbocycles. The summed E-state index contributed by atoms with van der Waals surface area (Å²) in [7, 11) is 0. The Kier molecular flexibility index (Phi) is 3.22. The maximum absolute atomic E-state index is 3.91. The number of hydrogen-bond donors (Lipinski definition) is 1. The van der Waals surface area contributed by atoms with Gasteiger partial charge in [0.15, 0.2) is 0 Å². The van der Waals surface area contributed by atoms with Crippen LogP contribution in [0.15, 0.2) is 42.5 Å². The first-order chi connectivity index (χ1) is 7.27. The molecule has 0 aromatic heterocycles. The fourth-order valence-corrected chi connectivity index (χ4v) is 1.96. The highest BCUT2D eigenvalue weighted by Gasteiger charge is 2.37. The van der Waals surface area contributed by atoms with E-state index in [-0.39, 0.29) is 0 Å². The summed E-state index contributed by atoms with van der Waals surface area (Å²) in [6.45, 7) is 7.07. The molecule has 0 amide bonds. The van der Waals surface area contributed by atoms with Crippen LogP contribution in [-0.2, 0) is 0 Å². The van der Waals surface area contributed by atoms with Gasteiger partial charge in [0.1, 0.15) is 0 Å². The van der Waals surface area contributed by atoms with Gasteiger partial charge in [-0.15, -0.1) is 6.58 Å². The Balaban J connectivity index is 1.75. The van der Waals surface area contributed by atoms with E-state index >= 15 is 0 Å².